The highest BCUT2D eigenvalue weighted by Gasteiger charge is 2.24. The quantitative estimate of drug-likeness (QED) is 0.826. The summed E-state index contributed by atoms with van der Waals surface area (Å²) in [6.07, 6.45) is 0. The summed E-state index contributed by atoms with van der Waals surface area (Å²) < 4.78 is 6.07. The molecule has 0 amide bonds. The second-order valence-corrected chi connectivity index (χ2v) is 5.97. The van der Waals surface area contributed by atoms with Crippen molar-refractivity contribution in [2.75, 3.05) is 11.9 Å². The number of benzene rings is 1. The number of aromatic nitrogens is 1. The number of nitrogens with one attached hydrogen (secondary N) is 1. The fraction of sp³-hybridized carbons (Fsp3) is 0.286. The zero-order valence-electron chi connectivity index (χ0n) is 11.2. The third-order valence-corrected chi connectivity index (χ3v) is 4.06. The Balaban J connectivity index is 2.25. The number of nitrogens with zero attached hydrogens (tertiary/aromatic N) is 1. The van der Waals surface area contributed by atoms with Gasteiger partial charge in [-0.15, -0.1) is 11.3 Å². The summed E-state index contributed by atoms with van der Waals surface area (Å²) in [5, 5.41) is 5.81. The van der Waals surface area contributed by atoms with Crippen LogP contribution < -0.4 is 5.32 Å². The topological polar surface area (TPSA) is 51.2 Å². The molecule has 0 aliphatic rings. The molecule has 1 aromatic heterocycles. The second kappa shape index (κ2) is 6.85. The summed E-state index contributed by atoms with van der Waals surface area (Å²) in [5.74, 6) is -0.318. The Kier molecular flexibility index (Phi) is 5.14. The highest BCUT2D eigenvalue weighted by atomic mass is 79.9. The predicted molar refractivity (Wildman–Crippen MR) is 84.0 cm³/mol. The minimum absolute atomic E-state index is 0.318. The molecule has 20 heavy (non-hydrogen) atoms. The zero-order chi connectivity index (χ0) is 14.5. The number of halogens is 1. The first-order chi connectivity index (χ1) is 9.60. The van der Waals surface area contributed by atoms with Gasteiger partial charge in [-0.2, -0.15) is 0 Å². The minimum atomic E-state index is -0.581. The Labute approximate surface area is 130 Å². The molecular formula is C14H15BrN2O2S. The number of thiazole rings is 1. The second-order valence-electron chi connectivity index (χ2n) is 4.17. The Morgan fingerprint density at radius 2 is 2.35 bits per heavy atom. The van der Waals surface area contributed by atoms with Crippen molar-refractivity contribution >= 4 is 38.9 Å². The first kappa shape index (κ1) is 15.0. The third-order valence-electron chi connectivity index (χ3n) is 2.54. The van der Waals surface area contributed by atoms with E-state index in [1.165, 1.54) is 11.3 Å². The molecule has 1 heterocycles. The highest BCUT2D eigenvalue weighted by Crippen LogP contribution is 2.25. The maximum Gasteiger partial charge on any atom is 0.335 e. The van der Waals surface area contributed by atoms with Gasteiger partial charge in [0, 0.05) is 21.2 Å². The van der Waals surface area contributed by atoms with Gasteiger partial charge in [-0.25, -0.2) is 9.78 Å². The maximum absolute atomic E-state index is 12.1. The molecule has 1 aromatic carbocycles. The first-order valence-electron chi connectivity index (χ1n) is 6.21. The van der Waals surface area contributed by atoms with E-state index in [9.17, 15) is 4.79 Å². The van der Waals surface area contributed by atoms with Crippen LogP contribution in [0.25, 0.3) is 0 Å². The van der Waals surface area contributed by atoms with E-state index < -0.39 is 6.04 Å². The lowest BCUT2D eigenvalue weighted by molar-refractivity contribution is -0.144. The Bertz CT molecular complexity index is 600. The Morgan fingerprint density at radius 3 is 2.95 bits per heavy atom. The van der Waals surface area contributed by atoms with E-state index in [4.69, 9.17) is 4.74 Å². The van der Waals surface area contributed by atoms with E-state index in [-0.39, 0.29) is 5.97 Å². The Morgan fingerprint density at radius 1 is 1.55 bits per heavy atom. The average Bonchev–Trinajstić information content (AvgIpc) is 2.83. The molecule has 1 atom stereocenters. The molecule has 2 aromatic rings. The molecule has 0 spiro atoms. The summed E-state index contributed by atoms with van der Waals surface area (Å²) in [6.45, 7) is 4.04. The summed E-state index contributed by atoms with van der Waals surface area (Å²) in [5.41, 5.74) is 1.74. The molecule has 0 bridgehead atoms. The zero-order valence-corrected chi connectivity index (χ0v) is 13.6. The SMILES string of the molecule is CCOC(=O)C(Nc1cccc(Br)c1)c1nc(C)cs1. The van der Waals surface area contributed by atoms with Crippen LogP contribution in [0.5, 0.6) is 0 Å². The largest absolute Gasteiger partial charge is 0.464 e. The normalized spacial score (nSPS) is 11.9. The van der Waals surface area contributed by atoms with Crippen LogP contribution >= 0.6 is 27.3 Å². The van der Waals surface area contributed by atoms with Gasteiger partial charge in [0.15, 0.2) is 6.04 Å². The van der Waals surface area contributed by atoms with Gasteiger partial charge < -0.3 is 10.1 Å². The van der Waals surface area contributed by atoms with Crippen molar-refractivity contribution in [1.82, 2.24) is 4.98 Å². The molecular weight excluding hydrogens is 340 g/mol. The van der Waals surface area contributed by atoms with Crippen LogP contribution in [0.4, 0.5) is 5.69 Å². The third kappa shape index (κ3) is 3.80. The number of hydrogen-bond donors (Lipinski definition) is 1. The van der Waals surface area contributed by atoms with E-state index in [1.54, 1.807) is 6.92 Å². The number of rotatable bonds is 5. The standard InChI is InChI=1S/C14H15BrN2O2S/c1-3-19-14(18)12(13-16-9(2)8-20-13)17-11-6-4-5-10(15)7-11/h4-8,12,17H,3H2,1-2H3. The number of hydrogen-bond acceptors (Lipinski definition) is 5. The smallest absolute Gasteiger partial charge is 0.335 e. The molecule has 0 saturated heterocycles. The molecule has 0 aliphatic heterocycles. The Hall–Kier alpha value is -1.40. The van der Waals surface area contributed by atoms with Crippen LogP contribution in [0.15, 0.2) is 34.1 Å². The number of esters is 1. The number of aryl methyl sites for hydroxylation is 1. The lowest BCUT2D eigenvalue weighted by Gasteiger charge is -2.16. The van der Waals surface area contributed by atoms with Crippen LogP contribution in [-0.2, 0) is 9.53 Å². The first-order valence-corrected chi connectivity index (χ1v) is 7.88. The van der Waals surface area contributed by atoms with Crippen molar-refractivity contribution in [1.29, 1.82) is 0 Å². The van der Waals surface area contributed by atoms with Gasteiger partial charge in [-0.1, -0.05) is 22.0 Å². The van der Waals surface area contributed by atoms with Gasteiger partial charge in [-0.05, 0) is 32.0 Å². The summed E-state index contributed by atoms with van der Waals surface area (Å²) in [6, 6.07) is 7.06. The van der Waals surface area contributed by atoms with E-state index in [1.807, 2.05) is 36.6 Å². The summed E-state index contributed by atoms with van der Waals surface area (Å²) >= 11 is 4.86. The molecule has 6 heteroatoms. The highest BCUT2D eigenvalue weighted by molar-refractivity contribution is 9.10. The fourth-order valence-electron chi connectivity index (χ4n) is 1.70. The predicted octanol–water partition coefficient (Wildman–Crippen LogP) is 3.93. The van der Waals surface area contributed by atoms with Crippen LogP contribution in [0, 0.1) is 6.92 Å². The molecule has 1 unspecified atom stereocenters. The van der Waals surface area contributed by atoms with Crippen LogP contribution in [-0.4, -0.2) is 17.6 Å². The van der Waals surface area contributed by atoms with Crippen molar-refractivity contribution in [2.45, 2.75) is 19.9 Å². The van der Waals surface area contributed by atoms with Crippen LogP contribution in [0.2, 0.25) is 0 Å². The fourth-order valence-corrected chi connectivity index (χ4v) is 2.93. The molecule has 0 aliphatic carbocycles. The lowest BCUT2D eigenvalue weighted by atomic mass is 10.2. The van der Waals surface area contributed by atoms with Crippen molar-refractivity contribution in [3.05, 3.63) is 44.8 Å². The van der Waals surface area contributed by atoms with E-state index in [0.717, 1.165) is 15.9 Å². The average molecular weight is 355 g/mol. The van der Waals surface area contributed by atoms with Gasteiger partial charge in [0.2, 0.25) is 0 Å². The summed E-state index contributed by atoms with van der Waals surface area (Å²) in [7, 11) is 0. The van der Waals surface area contributed by atoms with E-state index >= 15 is 0 Å². The summed E-state index contributed by atoms with van der Waals surface area (Å²) in [4.78, 5) is 16.5. The van der Waals surface area contributed by atoms with Gasteiger partial charge in [0.05, 0.1) is 6.61 Å². The van der Waals surface area contributed by atoms with Crippen LogP contribution in [0.3, 0.4) is 0 Å². The molecule has 0 saturated carbocycles. The number of anilines is 1. The van der Waals surface area contributed by atoms with Crippen LogP contribution in [0.1, 0.15) is 23.7 Å². The number of carbonyl (C=O) groups excluding carboxylic acids is 1. The molecule has 1 N–H and O–H groups in total. The van der Waals surface area contributed by atoms with Gasteiger partial charge in [0.1, 0.15) is 5.01 Å². The molecule has 0 fully saturated rings. The molecule has 106 valence electrons. The lowest BCUT2D eigenvalue weighted by Crippen LogP contribution is -2.23. The van der Waals surface area contributed by atoms with Crippen molar-refractivity contribution in [3.8, 4) is 0 Å². The van der Waals surface area contributed by atoms with Gasteiger partial charge in [-0.3, -0.25) is 0 Å². The van der Waals surface area contributed by atoms with Crippen molar-refractivity contribution in [3.63, 3.8) is 0 Å². The number of carbonyl (C=O) groups is 1. The number of ether oxygens (including phenoxy) is 1. The molecule has 2 rings (SSSR count). The van der Waals surface area contributed by atoms with Gasteiger partial charge in [0.25, 0.3) is 0 Å². The maximum atomic E-state index is 12.1. The minimum Gasteiger partial charge on any atom is -0.464 e. The molecule has 0 radical (unpaired) electrons. The van der Waals surface area contributed by atoms with Gasteiger partial charge >= 0.3 is 5.97 Å². The van der Waals surface area contributed by atoms with Crippen molar-refractivity contribution in [2.24, 2.45) is 0 Å². The van der Waals surface area contributed by atoms with E-state index in [2.05, 4.69) is 26.2 Å². The monoisotopic (exact) mass is 354 g/mol. The van der Waals surface area contributed by atoms with E-state index in [0.29, 0.717) is 11.6 Å². The molecule has 4 nitrogen and oxygen atoms in total. The van der Waals surface area contributed by atoms with Crippen molar-refractivity contribution < 1.29 is 9.53 Å².